The van der Waals surface area contributed by atoms with E-state index in [1.54, 1.807) is 28.8 Å². The Morgan fingerprint density at radius 3 is 2.43 bits per heavy atom. The Kier molecular flexibility index (Phi) is 4.99. The maximum absolute atomic E-state index is 13.0. The molecule has 0 bridgehead atoms. The number of piperidine rings is 1. The Morgan fingerprint density at radius 2 is 1.75 bits per heavy atom. The first-order chi connectivity index (χ1) is 13.4. The summed E-state index contributed by atoms with van der Waals surface area (Å²) in [6.07, 6.45) is 4.67. The number of pyridine rings is 1. The molecule has 4 rings (SSSR count). The van der Waals surface area contributed by atoms with E-state index in [4.69, 9.17) is 4.52 Å². The summed E-state index contributed by atoms with van der Waals surface area (Å²) in [5.74, 6) is 1.16. The molecule has 0 N–H and O–H groups in total. The molecule has 7 nitrogen and oxygen atoms in total. The standard InChI is InChI=1S/C20H22N4O3S/c1-14-3-4-18(13-15(14)2)28(25,26)24-11-7-17(8-12-24)20-22-19(23-27-20)16-5-9-21-10-6-16/h3-6,9-10,13,17H,7-8,11-12H2,1-2H3. The zero-order chi connectivity index (χ0) is 19.7. The number of aryl methyl sites for hydroxylation is 2. The van der Waals surface area contributed by atoms with Crippen LogP contribution in [0.3, 0.4) is 0 Å². The molecular weight excluding hydrogens is 376 g/mol. The van der Waals surface area contributed by atoms with Crippen LogP contribution in [0.2, 0.25) is 0 Å². The number of sulfonamides is 1. The topological polar surface area (TPSA) is 89.2 Å². The van der Waals surface area contributed by atoms with Gasteiger partial charge in [-0.25, -0.2) is 8.42 Å². The normalized spacial score (nSPS) is 16.4. The highest BCUT2D eigenvalue weighted by molar-refractivity contribution is 7.89. The third-order valence-corrected chi connectivity index (χ3v) is 7.19. The molecule has 0 saturated carbocycles. The summed E-state index contributed by atoms with van der Waals surface area (Å²) < 4.78 is 32.9. The molecule has 1 aliphatic rings. The van der Waals surface area contributed by atoms with Crippen LogP contribution in [-0.2, 0) is 10.0 Å². The van der Waals surface area contributed by atoms with Crippen LogP contribution < -0.4 is 0 Å². The van der Waals surface area contributed by atoms with E-state index in [0.29, 0.717) is 42.5 Å². The Morgan fingerprint density at radius 1 is 1.04 bits per heavy atom. The molecule has 0 atom stereocenters. The van der Waals surface area contributed by atoms with Crippen molar-refractivity contribution in [2.24, 2.45) is 0 Å². The van der Waals surface area contributed by atoms with Gasteiger partial charge in [-0.1, -0.05) is 11.2 Å². The number of hydrogen-bond donors (Lipinski definition) is 0. The van der Waals surface area contributed by atoms with Crippen LogP contribution in [0.4, 0.5) is 0 Å². The number of benzene rings is 1. The largest absolute Gasteiger partial charge is 0.339 e. The number of nitrogens with zero attached hydrogens (tertiary/aromatic N) is 4. The maximum atomic E-state index is 13.0. The van der Waals surface area contributed by atoms with Gasteiger partial charge >= 0.3 is 0 Å². The summed E-state index contributed by atoms with van der Waals surface area (Å²) in [5.41, 5.74) is 2.91. The molecule has 0 amide bonds. The van der Waals surface area contributed by atoms with Crippen molar-refractivity contribution in [2.45, 2.75) is 37.5 Å². The molecule has 0 radical (unpaired) electrons. The van der Waals surface area contributed by atoms with Gasteiger partial charge in [-0.2, -0.15) is 9.29 Å². The number of aromatic nitrogens is 3. The van der Waals surface area contributed by atoms with Gasteiger partial charge in [0.2, 0.25) is 21.7 Å². The Bertz CT molecular complexity index is 1070. The molecule has 2 aromatic heterocycles. The van der Waals surface area contributed by atoms with Gasteiger partial charge < -0.3 is 4.52 Å². The van der Waals surface area contributed by atoms with Gasteiger partial charge in [0.05, 0.1) is 4.90 Å². The minimum atomic E-state index is -3.48. The van der Waals surface area contributed by atoms with E-state index in [1.807, 2.05) is 32.0 Å². The van der Waals surface area contributed by atoms with Crippen LogP contribution in [0.25, 0.3) is 11.4 Å². The quantitative estimate of drug-likeness (QED) is 0.670. The smallest absolute Gasteiger partial charge is 0.243 e. The highest BCUT2D eigenvalue weighted by Crippen LogP contribution is 2.31. The van der Waals surface area contributed by atoms with Gasteiger partial charge in [-0.3, -0.25) is 4.98 Å². The first kappa shape index (κ1) is 18.8. The molecule has 0 unspecified atom stereocenters. The minimum Gasteiger partial charge on any atom is -0.339 e. The summed E-state index contributed by atoms with van der Waals surface area (Å²) >= 11 is 0. The lowest BCUT2D eigenvalue weighted by atomic mass is 9.98. The zero-order valence-corrected chi connectivity index (χ0v) is 16.7. The SMILES string of the molecule is Cc1ccc(S(=O)(=O)N2CCC(c3nc(-c4ccncc4)no3)CC2)cc1C. The molecule has 0 spiro atoms. The first-order valence-electron chi connectivity index (χ1n) is 9.26. The van der Waals surface area contributed by atoms with Gasteiger partial charge in [0.1, 0.15) is 0 Å². The molecule has 146 valence electrons. The van der Waals surface area contributed by atoms with E-state index >= 15 is 0 Å². The van der Waals surface area contributed by atoms with Gasteiger partial charge in [0.25, 0.3) is 0 Å². The van der Waals surface area contributed by atoms with E-state index in [0.717, 1.165) is 16.7 Å². The molecule has 0 aliphatic carbocycles. The number of rotatable bonds is 4. The lowest BCUT2D eigenvalue weighted by Crippen LogP contribution is -2.38. The van der Waals surface area contributed by atoms with Crippen LogP contribution in [0.1, 0.15) is 35.8 Å². The van der Waals surface area contributed by atoms with Gasteiger partial charge in [-0.15, -0.1) is 0 Å². The molecule has 1 saturated heterocycles. The molecule has 1 aromatic carbocycles. The molecule has 8 heteroatoms. The molecule has 1 aliphatic heterocycles. The van der Waals surface area contributed by atoms with Crippen LogP contribution in [-0.4, -0.2) is 40.9 Å². The Labute approximate surface area is 164 Å². The van der Waals surface area contributed by atoms with E-state index < -0.39 is 10.0 Å². The fourth-order valence-electron chi connectivity index (χ4n) is 3.39. The van der Waals surface area contributed by atoms with Crippen LogP contribution in [0, 0.1) is 13.8 Å². The fourth-order valence-corrected chi connectivity index (χ4v) is 4.94. The van der Waals surface area contributed by atoms with Crippen molar-refractivity contribution in [3.8, 4) is 11.4 Å². The Hall–Kier alpha value is -2.58. The highest BCUT2D eigenvalue weighted by Gasteiger charge is 2.32. The molecular formula is C20H22N4O3S. The van der Waals surface area contributed by atoms with E-state index in [-0.39, 0.29) is 5.92 Å². The van der Waals surface area contributed by atoms with Crippen molar-refractivity contribution in [3.63, 3.8) is 0 Å². The number of hydrogen-bond acceptors (Lipinski definition) is 6. The van der Waals surface area contributed by atoms with Gasteiger partial charge in [0.15, 0.2) is 0 Å². The van der Waals surface area contributed by atoms with Crippen LogP contribution in [0.5, 0.6) is 0 Å². The molecule has 3 aromatic rings. The summed E-state index contributed by atoms with van der Waals surface area (Å²) in [6.45, 7) is 4.78. The third-order valence-electron chi connectivity index (χ3n) is 5.30. The summed E-state index contributed by atoms with van der Waals surface area (Å²) in [4.78, 5) is 8.84. The van der Waals surface area contributed by atoms with Crippen molar-refractivity contribution < 1.29 is 12.9 Å². The van der Waals surface area contributed by atoms with E-state index in [1.165, 1.54) is 0 Å². The predicted molar refractivity (Wildman–Crippen MR) is 104 cm³/mol. The second kappa shape index (κ2) is 7.44. The fraction of sp³-hybridized carbons (Fsp3) is 0.350. The maximum Gasteiger partial charge on any atom is 0.243 e. The van der Waals surface area contributed by atoms with Crippen molar-refractivity contribution in [3.05, 3.63) is 59.7 Å². The van der Waals surface area contributed by atoms with Crippen LogP contribution in [0.15, 0.2) is 52.1 Å². The predicted octanol–water partition coefficient (Wildman–Crippen LogP) is 3.32. The minimum absolute atomic E-state index is 0.0642. The lowest BCUT2D eigenvalue weighted by molar-refractivity contribution is 0.271. The van der Waals surface area contributed by atoms with Crippen LogP contribution >= 0.6 is 0 Å². The van der Waals surface area contributed by atoms with Crippen molar-refractivity contribution >= 4 is 10.0 Å². The van der Waals surface area contributed by atoms with Crippen molar-refractivity contribution in [1.82, 2.24) is 19.4 Å². The summed E-state index contributed by atoms with van der Waals surface area (Å²) in [6, 6.07) is 8.94. The van der Waals surface area contributed by atoms with E-state index in [2.05, 4.69) is 15.1 Å². The van der Waals surface area contributed by atoms with Gasteiger partial charge in [0, 0.05) is 37.0 Å². The lowest BCUT2D eigenvalue weighted by Gasteiger charge is -2.29. The van der Waals surface area contributed by atoms with Crippen molar-refractivity contribution in [2.75, 3.05) is 13.1 Å². The monoisotopic (exact) mass is 398 g/mol. The zero-order valence-electron chi connectivity index (χ0n) is 15.9. The second-order valence-electron chi connectivity index (χ2n) is 7.12. The Balaban J connectivity index is 1.46. The average molecular weight is 398 g/mol. The summed E-state index contributed by atoms with van der Waals surface area (Å²) in [5, 5.41) is 4.05. The molecule has 3 heterocycles. The highest BCUT2D eigenvalue weighted by atomic mass is 32.2. The molecule has 28 heavy (non-hydrogen) atoms. The average Bonchev–Trinajstić information content (AvgIpc) is 3.21. The van der Waals surface area contributed by atoms with Gasteiger partial charge in [-0.05, 0) is 62.1 Å². The van der Waals surface area contributed by atoms with E-state index in [9.17, 15) is 8.42 Å². The van der Waals surface area contributed by atoms with Crippen molar-refractivity contribution in [1.29, 1.82) is 0 Å². The first-order valence-corrected chi connectivity index (χ1v) is 10.7. The summed E-state index contributed by atoms with van der Waals surface area (Å²) in [7, 11) is -3.48. The third kappa shape index (κ3) is 3.57. The second-order valence-corrected chi connectivity index (χ2v) is 9.05. The molecule has 1 fully saturated rings.